The SMILES string of the molecule is COc1ccc(CN2CCCN(Cc3cnc4c(C(N)=O)cnn4c3)CC2)cc1. The summed E-state index contributed by atoms with van der Waals surface area (Å²) in [4.78, 5) is 20.7. The van der Waals surface area contributed by atoms with E-state index in [0.29, 0.717) is 11.2 Å². The number of nitrogens with zero attached hydrogens (tertiary/aromatic N) is 5. The molecule has 4 rings (SSSR count). The van der Waals surface area contributed by atoms with E-state index < -0.39 is 5.91 Å². The number of ether oxygens (including phenoxy) is 1. The van der Waals surface area contributed by atoms with E-state index in [0.717, 1.165) is 57.0 Å². The van der Waals surface area contributed by atoms with Gasteiger partial charge in [-0.1, -0.05) is 12.1 Å². The van der Waals surface area contributed by atoms with E-state index in [9.17, 15) is 4.79 Å². The number of carbonyl (C=O) groups is 1. The molecule has 0 radical (unpaired) electrons. The zero-order valence-corrected chi connectivity index (χ0v) is 16.6. The summed E-state index contributed by atoms with van der Waals surface area (Å²) in [6.07, 6.45) is 6.33. The summed E-state index contributed by atoms with van der Waals surface area (Å²) in [7, 11) is 1.69. The van der Waals surface area contributed by atoms with Gasteiger partial charge in [0.1, 0.15) is 11.3 Å². The molecule has 3 aromatic rings. The van der Waals surface area contributed by atoms with Crippen molar-refractivity contribution in [2.45, 2.75) is 19.5 Å². The standard InChI is InChI=1S/C21H26N6O2/c1-29-18-5-3-16(4-6-18)13-25-7-2-8-26(10-9-25)14-17-11-23-21-19(20(22)28)12-24-27(21)15-17/h3-6,11-12,15H,2,7-10,13-14H2,1H3,(H2,22,28). The van der Waals surface area contributed by atoms with Crippen molar-refractivity contribution >= 4 is 11.6 Å². The lowest BCUT2D eigenvalue weighted by Crippen LogP contribution is -2.30. The molecule has 1 amide bonds. The molecule has 29 heavy (non-hydrogen) atoms. The third-order valence-corrected chi connectivity index (χ3v) is 5.33. The van der Waals surface area contributed by atoms with E-state index in [1.54, 1.807) is 11.6 Å². The Hall–Kier alpha value is -2.97. The molecular weight excluding hydrogens is 368 g/mol. The Morgan fingerprint density at radius 2 is 1.72 bits per heavy atom. The molecule has 0 spiro atoms. The molecule has 0 bridgehead atoms. The molecule has 8 nitrogen and oxygen atoms in total. The third kappa shape index (κ3) is 4.55. The summed E-state index contributed by atoms with van der Waals surface area (Å²) < 4.78 is 6.86. The van der Waals surface area contributed by atoms with Gasteiger partial charge in [-0.25, -0.2) is 9.50 Å². The first-order valence-electron chi connectivity index (χ1n) is 9.82. The second-order valence-corrected chi connectivity index (χ2v) is 7.41. The molecule has 0 atom stereocenters. The number of fused-ring (bicyclic) bond motifs is 1. The summed E-state index contributed by atoms with van der Waals surface area (Å²) in [5, 5.41) is 4.20. The maximum atomic E-state index is 11.4. The highest BCUT2D eigenvalue weighted by atomic mass is 16.5. The number of benzene rings is 1. The van der Waals surface area contributed by atoms with Gasteiger partial charge in [0, 0.05) is 44.1 Å². The van der Waals surface area contributed by atoms with Gasteiger partial charge in [0.25, 0.3) is 5.91 Å². The molecule has 1 aliphatic heterocycles. The maximum absolute atomic E-state index is 11.4. The van der Waals surface area contributed by atoms with Gasteiger partial charge >= 0.3 is 0 Å². The van der Waals surface area contributed by atoms with Crippen molar-refractivity contribution in [1.82, 2.24) is 24.4 Å². The number of hydrogen-bond acceptors (Lipinski definition) is 6. The highest BCUT2D eigenvalue weighted by molar-refractivity contribution is 5.98. The lowest BCUT2D eigenvalue weighted by atomic mass is 10.2. The summed E-state index contributed by atoms with van der Waals surface area (Å²) in [5.41, 5.74) is 8.58. The molecule has 1 aromatic carbocycles. The molecule has 0 saturated carbocycles. The van der Waals surface area contributed by atoms with Gasteiger partial charge in [-0.2, -0.15) is 5.10 Å². The number of nitrogens with two attached hydrogens (primary N) is 1. The minimum Gasteiger partial charge on any atom is -0.497 e. The smallest absolute Gasteiger partial charge is 0.254 e. The number of amides is 1. The van der Waals surface area contributed by atoms with E-state index in [1.807, 2.05) is 24.5 Å². The third-order valence-electron chi connectivity index (χ3n) is 5.33. The highest BCUT2D eigenvalue weighted by Gasteiger charge is 2.17. The molecule has 3 heterocycles. The van der Waals surface area contributed by atoms with Crippen LogP contribution in [0.25, 0.3) is 5.65 Å². The lowest BCUT2D eigenvalue weighted by Gasteiger charge is -2.22. The van der Waals surface area contributed by atoms with Crippen LogP contribution in [0.3, 0.4) is 0 Å². The molecule has 152 valence electrons. The van der Waals surface area contributed by atoms with E-state index in [2.05, 4.69) is 32.0 Å². The van der Waals surface area contributed by atoms with Crippen LogP contribution in [0.15, 0.2) is 42.9 Å². The number of carbonyl (C=O) groups excluding carboxylic acids is 1. The van der Waals surface area contributed by atoms with Crippen LogP contribution in [0.5, 0.6) is 5.75 Å². The average Bonchev–Trinajstić information content (AvgIpc) is 3.03. The van der Waals surface area contributed by atoms with Crippen molar-refractivity contribution in [3.05, 3.63) is 59.5 Å². The van der Waals surface area contributed by atoms with Crippen LogP contribution in [0.4, 0.5) is 0 Å². The Labute approximate surface area is 169 Å². The van der Waals surface area contributed by atoms with Crippen LogP contribution in [0.1, 0.15) is 27.9 Å². The topological polar surface area (TPSA) is 89.0 Å². The largest absolute Gasteiger partial charge is 0.497 e. The van der Waals surface area contributed by atoms with E-state index >= 15 is 0 Å². The van der Waals surface area contributed by atoms with E-state index in [-0.39, 0.29) is 0 Å². The molecule has 1 aliphatic rings. The first-order chi connectivity index (χ1) is 14.1. The molecule has 2 aromatic heterocycles. The lowest BCUT2D eigenvalue weighted by molar-refractivity contribution is 0.100. The second-order valence-electron chi connectivity index (χ2n) is 7.41. The van der Waals surface area contributed by atoms with Crippen LogP contribution in [0, 0.1) is 0 Å². The predicted molar refractivity (Wildman–Crippen MR) is 110 cm³/mol. The van der Waals surface area contributed by atoms with Gasteiger partial charge in [0.05, 0.1) is 13.3 Å². The maximum Gasteiger partial charge on any atom is 0.254 e. The van der Waals surface area contributed by atoms with Gasteiger partial charge in [-0.15, -0.1) is 0 Å². The van der Waals surface area contributed by atoms with Gasteiger partial charge < -0.3 is 10.5 Å². The summed E-state index contributed by atoms with van der Waals surface area (Å²) in [5.74, 6) is 0.381. The van der Waals surface area contributed by atoms with Crippen molar-refractivity contribution in [3.8, 4) is 5.75 Å². The van der Waals surface area contributed by atoms with Crippen LogP contribution in [-0.2, 0) is 13.1 Å². The van der Waals surface area contributed by atoms with Gasteiger partial charge in [-0.05, 0) is 37.2 Å². The predicted octanol–water partition coefficient (Wildman–Crippen LogP) is 1.54. The van der Waals surface area contributed by atoms with Crippen molar-refractivity contribution < 1.29 is 9.53 Å². The fraction of sp³-hybridized carbons (Fsp3) is 0.381. The Balaban J connectivity index is 1.36. The highest BCUT2D eigenvalue weighted by Crippen LogP contribution is 2.15. The van der Waals surface area contributed by atoms with Crippen LogP contribution >= 0.6 is 0 Å². The number of rotatable bonds is 6. The molecule has 1 fully saturated rings. The second kappa shape index (κ2) is 8.59. The molecule has 8 heteroatoms. The Morgan fingerprint density at radius 3 is 2.38 bits per heavy atom. The van der Waals surface area contributed by atoms with Crippen molar-refractivity contribution in [3.63, 3.8) is 0 Å². The summed E-state index contributed by atoms with van der Waals surface area (Å²) in [6, 6.07) is 8.29. The fourth-order valence-corrected chi connectivity index (χ4v) is 3.76. The van der Waals surface area contributed by atoms with Gasteiger partial charge in [0.2, 0.25) is 0 Å². The molecule has 0 aliphatic carbocycles. The zero-order valence-electron chi connectivity index (χ0n) is 16.6. The van der Waals surface area contributed by atoms with Crippen LogP contribution < -0.4 is 10.5 Å². The number of aromatic nitrogens is 3. The average molecular weight is 394 g/mol. The summed E-state index contributed by atoms with van der Waals surface area (Å²) in [6.45, 7) is 5.92. The Kier molecular flexibility index (Phi) is 5.73. The van der Waals surface area contributed by atoms with Crippen molar-refractivity contribution in [1.29, 1.82) is 0 Å². The van der Waals surface area contributed by atoms with Crippen LogP contribution in [-0.4, -0.2) is 63.6 Å². The van der Waals surface area contributed by atoms with Gasteiger partial charge in [0.15, 0.2) is 5.65 Å². The Bertz CT molecular complexity index is 985. The first kappa shape index (κ1) is 19.4. The molecular formula is C21H26N6O2. The van der Waals surface area contributed by atoms with Crippen molar-refractivity contribution in [2.75, 3.05) is 33.3 Å². The van der Waals surface area contributed by atoms with E-state index in [4.69, 9.17) is 10.5 Å². The molecule has 0 unspecified atom stereocenters. The minimum absolute atomic E-state index is 0.348. The number of methoxy groups -OCH3 is 1. The quantitative estimate of drug-likeness (QED) is 0.682. The molecule has 2 N–H and O–H groups in total. The number of primary amides is 1. The Morgan fingerprint density at radius 1 is 1.03 bits per heavy atom. The van der Waals surface area contributed by atoms with Crippen LogP contribution in [0.2, 0.25) is 0 Å². The van der Waals surface area contributed by atoms with Crippen molar-refractivity contribution in [2.24, 2.45) is 5.73 Å². The number of hydrogen-bond donors (Lipinski definition) is 1. The van der Waals surface area contributed by atoms with Gasteiger partial charge in [-0.3, -0.25) is 14.6 Å². The first-order valence-corrected chi connectivity index (χ1v) is 9.82. The van der Waals surface area contributed by atoms with E-state index in [1.165, 1.54) is 11.8 Å². The summed E-state index contributed by atoms with van der Waals surface area (Å²) >= 11 is 0. The minimum atomic E-state index is -0.510. The fourth-order valence-electron chi connectivity index (χ4n) is 3.76. The monoisotopic (exact) mass is 394 g/mol. The normalized spacial score (nSPS) is 16.0. The molecule has 1 saturated heterocycles. The zero-order chi connectivity index (χ0) is 20.2.